The van der Waals surface area contributed by atoms with Crippen LogP contribution in [0, 0.1) is 0 Å². The molecule has 0 fully saturated rings. The molecule has 24 heavy (non-hydrogen) atoms. The Hall–Kier alpha value is -2.60. The fourth-order valence-electron chi connectivity index (χ4n) is 2.48. The van der Waals surface area contributed by atoms with Gasteiger partial charge in [-0.15, -0.1) is 0 Å². The zero-order valence-electron chi connectivity index (χ0n) is 13.3. The van der Waals surface area contributed by atoms with Crippen LogP contribution >= 0.6 is 0 Å². The summed E-state index contributed by atoms with van der Waals surface area (Å²) < 4.78 is 33.0. The number of anilines is 1. The van der Waals surface area contributed by atoms with E-state index in [1.54, 1.807) is 18.2 Å². The summed E-state index contributed by atoms with van der Waals surface area (Å²) in [6.45, 7) is 2.04. The normalized spacial score (nSPS) is 11.4. The molecule has 0 aliphatic carbocycles. The second-order valence-electron chi connectivity index (χ2n) is 5.37. The van der Waals surface area contributed by atoms with Crippen molar-refractivity contribution in [3.05, 3.63) is 66.4 Å². The monoisotopic (exact) mass is 342 g/mol. The van der Waals surface area contributed by atoms with Crippen LogP contribution in [0.4, 0.5) is 5.88 Å². The lowest BCUT2D eigenvalue weighted by Crippen LogP contribution is -2.13. The van der Waals surface area contributed by atoms with Crippen molar-refractivity contribution in [3.8, 4) is 11.1 Å². The van der Waals surface area contributed by atoms with E-state index < -0.39 is 10.0 Å². The van der Waals surface area contributed by atoms with Crippen molar-refractivity contribution in [1.82, 2.24) is 5.16 Å². The van der Waals surface area contributed by atoms with Crippen molar-refractivity contribution in [1.29, 1.82) is 0 Å². The van der Waals surface area contributed by atoms with Gasteiger partial charge in [0.05, 0.1) is 16.2 Å². The molecule has 0 spiro atoms. The number of hydrogen-bond donors (Lipinski definition) is 1. The van der Waals surface area contributed by atoms with Crippen LogP contribution in [0.15, 0.2) is 70.1 Å². The molecule has 0 aliphatic rings. The molecular formula is C18H18N2O3S. The average Bonchev–Trinajstić information content (AvgIpc) is 2.98. The SMILES string of the molecule is CCCc1noc(NS(=O)(=O)c2ccccc2)c1-c1ccccc1. The molecule has 3 aromatic rings. The molecule has 0 saturated carbocycles. The first-order valence-electron chi connectivity index (χ1n) is 7.73. The number of aromatic nitrogens is 1. The van der Waals surface area contributed by atoms with Gasteiger partial charge >= 0.3 is 0 Å². The van der Waals surface area contributed by atoms with Gasteiger partial charge in [-0.05, 0) is 24.1 Å². The first-order chi connectivity index (χ1) is 11.6. The van der Waals surface area contributed by atoms with Gasteiger partial charge in [0.2, 0.25) is 5.88 Å². The second-order valence-corrected chi connectivity index (χ2v) is 7.05. The molecule has 0 bridgehead atoms. The molecule has 0 radical (unpaired) electrons. The number of benzene rings is 2. The predicted molar refractivity (Wildman–Crippen MR) is 93.2 cm³/mol. The van der Waals surface area contributed by atoms with Crippen molar-refractivity contribution in [2.75, 3.05) is 4.72 Å². The fraction of sp³-hybridized carbons (Fsp3) is 0.167. The largest absolute Gasteiger partial charge is 0.337 e. The lowest BCUT2D eigenvalue weighted by molar-refractivity contribution is 0.426. The van der Waals surface area contributed by atoms with Gasteiger partial charge in [0, 0.05) is 0 Å². The first kappa shape index (κ1) is 16.3. The quantitative estimate of drug-likeness (QED) is 0.732. The summed E-state index contributed by atoms with van der Waals surface area (Å²) in [6, 6.07) is 17.7. The number of sulfonamides is 1. The maximum absolute atomic E-state index is 12.6. The highest BCUT2D eigenvalue weighted by Gasteiger charge is 2.22. The Bertz CT molecular complexity index is 904. The van der Waals surface area contributed by atoms with Crippen molar-refractivity contribution >= 4 is 15.9 Å². The summed E-state index contributed by atoms with van der Waals surface area (Å²) in [5.74, 6) is 0.147. The smallest absolute Gasteiger partial charge is 0.264 e. The molecule has 3 rings (SSSR count). The summed E-state index contributed by atoms with van der Waals surface area (Å²) in [5, 5.41) is 4.06. The molecule has 1 aromatic heterocycles. The van der Waals surface area contributed by atoms with E-state index in [0.717, 1.165) is 17.7 Å². The van der Waals surface area contributed by atoms with Gasteiger partial charge in [-0.3, -0.25) is 0 Å². The van der Waals surface area contributed by atoms with Gasteiger partial charge in [0.25, 0.3) is 10.0 Å². The minimum Gasteiger partial charge on any atom is -0.337 e. The highest BCUT2D eigenvalue weighted by Crippen LogP contribution is 2.33. The Morgan fingerprint density at radius 1 is 1.00 bits per heavy atom. The van der Waals surface area contributed by atoms with Crippen LogP contribution in [0.25, 0.3) is 11.1 Å². The third-order valence-electron chi connectivity index (χ3n) is 3.59. The van der Waals surface area contributed by atoms with Crippen LogP contribution in [0.5, 0.6) is 0 Å². The van der Waals surface area contributed by atoms with Gasteiger partial charge in [-0.2, -0.15) is 0 Å². The maximum atomic E-state index is 12.6. The van der Waals surface area contributed by atoms with Crippen molar-refractivity contribution in [3.63, 3.8) is 0 Å². The standard InChI is InChI=1S/C18H18N2O3S/c1-2-9-16-17(14-10-5-3-6-11-14)18(23-19-16)20-24(21,22)15-12-7-4-8-13-15/h3-8,10-13,20H,2,9H2,1H3. The Balaban J connectivity index is 2.03. The minimum absolute atomic E-state index is 0.147. The lowest BCUT2D eigenvalue weighted by atomic mass is 10.0. The Kier molecular flexibility index (Phi) is 4.66. The van der Waals surface area contributed by atoms with Crippen LogP contribution in [-0.2, 0) is 16.4 Å². The third-order valence-corrected chi connectivity index (χ3v) is 4.94. The predicted octanol–water partition coefficient (Wildman–Crippen LogP) is 4.09. The van der Waals surface area contributed by atoms with Gasteiger partial charge in [0.1, 0.15) is 0 Å². The van der Waals surface area contributed by atoms with Crippen LogP contribution < -0.4 is 4.72 Å². The Morgan fingerprint density at radius 2 is 1.62 bits per heavy atom. The van der Waals surface area contributed by atoms with Crippen LogP contribution in [0.3, 0.4) is 0 Å². The molecule has 124 valence electrons. The Morgan fingerprint density at radius 3 is 2.25 bits per heavy atom. The van der Waals surface area contributed by atoms with Crippen molar-refractivity contribution in [2.24, 2.45) is 0 Å². The topological polar surface area (TPSA) is 72.2 Å². The highest BCUT2D eigenvalue weighted by atomic mass is 32.2. The lowest BCUT2D eigenvalue weighted by Gasteiger charge is -2.07. The summed E-state index contributed by atoms with van der Waals surface area (Å²) in [7, 11) is -3.73. The van der Waals surface area contributed by atoms with E-state index in [9.17, 15) is 8.42 Å². The highest BCUT2D eigenvalue weighted by molar-refractivity contribution is 7.92. The van der Waals surface area contributed by atoms with E-state index in [1.807, 2.05) is 37.3 Å². The molecule has 6 heteroatoms. The van der Waals surface area contributed by atoms with Gasteiger partial charge in [0.15, 0.2) is 0 Å². The van der Waals surface area contributed by atoms with E-state index >= 15 is 0 Å². The zero-order valence-corrected chi connectivity index (χ0v) is 14.1. The van der Waals surface area contributed by atoms with E-state index in [2.05, 4.69) is 9.88 Å². The van der Waals surface area contributed by atoms with Gasteiger partial charge in [-0.25, -0.2) is 13.1 Å². The van der Waals surface area contributed by atoms with Gasteiger partial charge < -0.3 is 4.52 Å². The van der Waals surface area contributed by atoms with Gasteiger partial charge in [-0.1, -0.05) is 67.0 Å². The number of aryl methyl sites for hydroxylation is 1. The summed E-state index contributed by atoms with van der Waals surface area (Å²) >= 11 is 0. The third kappa shape index (κ3) is 3.33. The number of nitrogens with one attached hydrogen (secondary N) is 1. The number of hydrogen-bond acceptors (Lipinski definition) is 4. The molecule has 2 aromatic carbocycles. The molecular weight excluding hydrogens is 324 g/mol. The van der Waals surface area contributed by atoms with E-state index in [1.165, 1.54) is 12.1 Å². The van der Waals surface area contributed by atoms with Crippen LogP contribution in [0.1, 0.15) is 19.0 Å². The average molecular weight is 342 g/mol. The summed E-state index contributed by atoms with van der Waals surface area (Å²) in [6.07, 6.45) is 1.60. The van der Waals surface area contributed by atoms with E-state index in [4.69, 9.17) is 4.52 Å². The van der Waals surface area contributed by atoms with E-state index in [0.29, 0.717) is 12.0 Å². The molecule has 0 atom stereocenters. The molecule has 1 N–H and O–H groups in total. The molecule has 0 amide bonds. The molecule has 0 saturated heterocycles. The van der Waals surface area contributed by atoms with E-state index in [-0.39, 0.29) is 10.8 Å². The fourth-order valence-corrected chi connectivity index (χ4v) is 3.50. The van der Waals surface area contributed by atoms with Crippen LogP contribution in [-0.4, -0.2) is 13.6 Å². The molecule has 1 heterocycles. The number of nitrogens with zero attached hydrogens (tertiary/aromatic N) is 1. The van der Waals surface area contributed by atoms with Crippen molar-refractivity contribution in [2.45, 2.75) is 24.7 Å². The maximum Gasteiger partial charge on any atom is 0.264 e. The summed E-state index contributed by atoms with van der Waals surface area (Å²) in [4.78, 5) is 0.178. The zero-order chi connectivity index (χ0) is 17.0. The van der Waals surface area contributed by atoms with Crippen molar-refractivity contribution < 1.29 is 12.9 Å². The molecule has 0 unspecified atom stereocenters. The minimum atomic E-state index is -3.73. The summed E-state index contributed by atoms with van der Waals surface area (Å²) in [5.41, 5.74) is 2.30. The molecule has 5 nitrogen and oxygen atoms in total. The number of rotatable bonds is 6. The second kappa shape index (κ2) is 6.88. The first-order valence-corrected chi connectivity index (χ1v) is 9.22. The van der Waals surface area contributed by atoms with Crippen LogP contribution in [0.2, 0.25) is 0 Å². The Labute approximate surface area is 141 Å². The molecule has 0 aliphatic heterocycles.